The number of hydrogen-bond donors (Lipinski definition) is 2. The smallest absolute Gasteiger partial charge is 0.251 e. The van der Waals surface area contributed by atoms with Gasteiger partial charge in [-0.25, -0.2) is 0 Å². The molecule has 1 aromatic carbocycles. The first kappa shape index (κ1) is 14.5. The van der Waals surface area contributed by atoms with E-state index in [0.29, 0.717) is 12.1 Å². The van der Waals surface area contributed by atoms with Crippen LogP contribution >= 0.6 is 0 Å². The molecule has 1 amide bonds. The highest BCUT2D eigenvalue weighted by atomic mass is 16.5. The molecular formula is C14H22N2O2. The minimum Gasteiger partial charge on any atom is -0.497 e. The highest BCUT2D eigenvalue weighted by Crippen LogP contribution is 2.11. The van der Waals surface area contributed by atoms with Crippen molar-refractivity contribution in [2.75, 3.05) is 13.7 Å². The fourth-order valence-corrected chi connectivity index (χ4v) is 1.71. The fourth-order valence-electron chi connectivity index (χ4n) is 1.71. The molecule has 4 heteroatoms. The van der Waals surface area contributed by atoms with Gasteiger partial charge in [0.25, 0.3) is 5.91 Å². The normalized spacial score (nSPS) is 11.9. The Morgan fingerprint density at radius 3 is 2.56 bits per heavy atom. The van der Waals surface area contributed by atoms with Crippen LogP contribution in [0.15, 0.2) is 24.3 Å². The van der Waals surface area contributed by atoms with E-state index in [2.05, 4.69) is 12.2 Å². The molecule has 0 radical (unpaired) electrons. The number of ether oxygens (including phenoxy) is 1. The van der Waals surface area contributed by atoms with Crippen LogP contribution in [-0.4, -0.2) is 25.6 Å². The first-order valence-corrected chi connectivity index (χ1v) is 6.36. The summed E-state index contributed by atoms with van der Waals surface area (Å²) in [5.74, 6) is 0.664. The van der Waals surface area contributed by atoms with Crippen molar-refractivity contribution in [1.82, 2.24) is 5.32 Å². The largest absolute Gasteiger partial charge is 0.497 e. The van der Waals surface area contributed by atoms with Crippen LogP contribution in [0.5, 0.6) is 5.75 Å². The van der Waals surface area contributed by atoms with Gasteiger partial charge in [-0.1, -0.05) is 19.8 Å². The van der Waals surface area contributed by atoms with Gasteiger partial charge in [0, 0.05) is 18.2 Å². The van der Waals surface area contributed by atoms with Gasteiger partial charge in [0.05, 0.1) is 7.11 Å². The maximum absolute atomic E-state index is 12.0. The highest BCUT2D eigenvalue weighted by molar-refractivity contribution is 5.94. The lowest BCUT2D eigenvalue weighted by Gasteiger charge is -2.16. The molecule has 0 saturated heterocycles. The molecule has 1 aromatic rings. The number of unbranched alkanes of at least 4 members (excludes halogenated alkanes) is 1. The third-order valence-electron chi connectivity index (χ3n) is 2.88. The van der Waals surface area contributed by atoms with E-state index in [1.807, 2.05) is 0 Å². The Kier molecular flexibility index (Phi) is 6.22. The molecular weight excluding hydrogens is 228 g/mol. The predicted molar refractivity (Wildman–Crippen MR) is 72.8 cm³/mol. The molecule has 100 valence electrons. The lowest BCUT2D eigenvalue weighted by Crippen LogP contribution is -2.40. The standard InChI is InChI=1S/C14H22N2O2/c1-3-4-5-12(10-15)16-14(17)11-6-8-13(18-2)9-7-11/h6-9,12H,3-5,10,15H2,1-2H3,(H,16,17). The average Bonchev–Trinajstić information content (AvgIpc) is 2.43. The second kappa shape index (κ2) is 7.71. The van der Waals surface area contributed by atoms with Gasteiger partial charge in [0.2, 0.25) is 0 Å². The maximum atomic E-state index is 12.0. The van der Waals surface area contributed by atoms with Crippen LogP contribution in [0.2, 0.25) is 0 Å². The molecule has 0 fully saturated rings. The summed E-state index contributed by atoms with van der Waals surface area (Å²) in [4.78, 5) is 12.0. The number of methoxy groups -OCH3 is 1. The monoisotopic (exact) mass is 250 g/mol. The second-order valence-corrected chi connectivity index (χ2v) is 4.28. The molecule has 0 heterocycles. The van der Waals surface area contributed by atoms with E-state index in [9.17, 15) is 4.79 Å². The Hall–Kier alpha value is -1.55. The molecule has 1 atom stereocenters. The molecule has 3 N–H and O–H groups in total. The van der Waals surface area contributed by atoms with Crippen molar-refractivity contribution in [1.29, 1.82) is 0 Å². The zero-order valence-corrected chi connectivity index (χ0v) is 11.1. The van der Waals surface area contributed by atoms with E-state index in [4.69, 9.17) is 10.5 Å². The van der Waals surface area contributed by atoms with Gasteiger partial charge in [-0.15, -0.1) is 0 Å². The number of carbonyl (C=O) groups excluding carboxylic acids is 1. The van der Waals surface area contributed by atoms with Gasteiger partial charge in [-0.2, -0.15) is 0 Å². The third-order valence-corrected chi connectivity index (χ3v) is 2.88. The summed E-state index contributed by atoms with van der Waals surface area (Å²) in [7, 11) is 1.60. The Morgan fingerprint density at radius 1 is 1.39 bits per heavy atom. The number of benzene rings is 1. The zero-order chi connectivity index (χ0) is 13.4. The highest BCUT2D eigenvalue weighted by Gasteiger charge is 2.11. The van der Waals surface area contributed by atoms with Gasteiger partial charge < -0.3 is 15.8 Å². The average molecular weight is 250 g/mol. The molecule has 18 heavy (non-hydrogen) atoms. The summed E-state index contributed by atoms with van der Waals surface area (Å²) in [5.41, 5.74) is 6.28. The van der Waals surface area contributed by atoms with Gasteiger partial charge in [0.15, 0.2) is 0 Å². The maximum Gasteiger partial charge on any atom is 0.251 e. The number of amides is 1. The summed E-state index contributed by atoms with van der Waals surface area (Å²) in [6, 6.07) is 7.11. The number of nitrogens with two attached hydrogens (primary N) is 1. The third kappa shape index (κ3) is 4.37. The van der Waals surface area contributed by atoms with Crippen LogP contribution in [0, 0.1) is 0 Å². The Balaban J connectivity index is 2.56. The number of nitrogens with one attached hydrogen (secondary N) is 1. The van der Waals surface area contributed by atoms with Crippen molar-refractivity contribution >= 4 is 5.91 Å². The minimum atomic E-state index is -0.0794. The van der Waals surface area contributed by atoms with Crippen LogP contribution in [0.3, 0.4) is 0 Å². The Bertz CT molecular complexity index is 363. The van der Waals surface area contributed by atoms with Gasteiger partial charge in [0.1, 0.15) is 5.75 Å². The molecule has 1 unspecified atom stereocenters. The lowest BCUT2D eigenvalue weighted by atomic mass is 10.1. The van der Waals surface area contributed by atoms with Crippen LogP contribution in [0.25, 0.3) is 0 Å². The van der Waals surface area contributed by atoms with Crippen LogP contribution in [-0.2, 0) is 0 Å². The van der Waals surface area contributed by atoms with E-state index >= 15 is 0 Å². The van der Waals surface area contributed by atoms with Crippen LogP contribution in [0.1, 0.15) is 36.5 Å². The summed E-state index contributed by atoms with van der Waals surface area (Å²) >= 11 is 0. The Labute approximate surface area is 109 Å². The molecule has 0 aliphatic carbocycles. The number of hydrogen-bond acceptors (Lipinski definition) is 3. The van der Waals surface area contributed by atoms with Crippen molar-refractivity contribution in [3.8, 4) is 5.75 Å². The molecule has 0 aliphatic heterocycles. The van der Waals surface area contributed by atoms with Crippen molar-refractivity contribution in [2.24, 2.45) is 5.73 Å². The van der Waals surface area contributed by atoms with E-state index < -0.39 is 0 Å². The van der Waals surface area contributed by atoms with Gasteiger partial charge in [-0.3, -0.25) is 4.79 Å². The summed E-state index contributed by atoms with van der Waals surface area (Å²) in [6.45, 7) is 2.60. The topological polar surface area (TPSA) is 64.3 Å². The Morgan fingerprint density at radius 2 is 2.06 bits per heavy atom. The number of carbonyl (C=O) groups is 1. The zero-order valence-electron chi connectivity index (χ0n) is 11.1. The molecule has 0 saturated carbocycles. The van der Waals surface area contributed by atoms with Crippen LogP contribution in [0.4, 0.5) is 0 Å². The summed E-state index contributed by atoms with van der Waals surface area (Å²) < 4.78 is 5.05. The van der Waals surface area contributed by atoms with E-state index in [1.165, 1.54) is 0 Å². The first-order valence-electron chi connectivity index (χ1n) is 6.36. The van der Waals surface area contributed by atoms with Crippen LogP contribution < -0.4 is 15.8 Å². The summed E-state index contributed by atoms with van der Waals surface area (Å²) in [6.07, 6.45) is 3.11. The molecule has 0 aliphatic rings. The van der Waals surface area contributed by atoms with Crippen molar-refractivity contribution in [2.45, 2.75) is 32.2 Å². The summed E-state index contributed by atoms with van der Waals surface area (Å²) in [5, 5.41) is 2.95. The van der Waals surface area contributed by atoms with E-state index in [-0.39, 0.29) is 11.9 Å². The molecule has 0 aromatic heterocycles. The lowest BCUT2D eigenvalue weighted by molar-refractivity contribution is 0.0936. The SMILES string of the molecule is CCCCC(CN)NC(=O)c1ccc(OC)cc1. The minimum absolute atomic E-state index is 0.0551. The van der Waals surface area contributed by atoms with Crippen molar-refractivity contribution in [3.05, 3.63) is 29.8 Å². The second-order valence-electron chi connectivity index (χ2n) is 4.28. The molecule has 4 nitrogen and oxygen atoms in total. The predicted octanol–water partition coefficient (Wildman–Crippen LogP) is 1.94. The van der Waals surface area contributed by atoms with Crippen molar-refractivity contribution in [3.63, 3.8) is 0 Å². The molecule has 1 rings (SSSR count). The van der Waals surface area contributed by atoms with Gasteiger partial charge in [-0.05, 0) is 30.7 Å². The first-order chi connectivity index (χ1) is 8.71. The van der Waals surface area contributed by atoms with E-state index in [1.54, 1.807) is 31.4 Å². The molecule has 0 bridgehead atoms. The van der Waals surface area contributed by atoms with Crippen molar-refractivity contribution < 1.29 is 9.53 Å². The van der Waals surface area contributed by atoms with Gasteiger partial charge >= 0.3 is 0 Å². The fraction of sp³-hybridized carbons (Fsp3) is 0.500. The quantitative estimate of drug-likeness (QED) is 0.777. The molecule has 0 spiro atoms. The van der Waals surface area contributed by atoms with E-state index in [0.717, 1.165) is 25.0 Å². The number of rotatable bonds is 7.